The van der Waals surface area contributed by atoms with E-state index in [0.29, 0.717) is 26.1 Å². The summed E-state index contributed by atoms with van der Waals surface area (Å²) in [5, 5.41) is 0.731. The summed E-state index contributed by atoms with van der Waals surface area (Å²) in [4.78, 5) is 19.8. The minimum atomic E-state index is 0.0299. The van der Waals surface area contributed by atoms with Crippen LogP contribution in [0.25, 0.3) is 11.0 Å². The third kappa shape index (κ3) is 4.21. The number of imidazole rings is 1. The van der Waals surface area contributed by atoms with Crippen molar-refractivity contribution in [3.63, 3.8) is 0 Å². The van der Waals surface area contributed by atoms with Gasteiger partial charge in [-0.2, -0.15) is 0 Å². The van der Waals surface area contributed by atoms with Crippen molar-refractivity contribution in [2.75, 3.05) is 18.1 Å². The molecule has 168 valence electrons. The summed E-state index contributed by atoms with van der Waals surface area (Å²) in [5.41, 5.74) is 5.08. The van der Waals surface area contributed by atoms with Crippen LogP contribution in [0, 0.1) is 13.8 Å². The standard InChI is InChI=1S/C27H26ClN3O2/c1-18-7-3-5-9-24(18)31-17-20(16-26(31)32)27-29-23-8-4-6-10-25(23)30(27)13-14-33-21-11-12-22(28)19(2)15-21/h3-12,15,20H,13-14,16-17H2,1-2H3. The van der Waals surface area contributed by atoms with Gasteiger partial charge in [-0.1, -0.05) is 41.9 Å². The van der Waals surface area contributed by atoms with E-state index in [0.717, 1.165) is 44.4 Å². The van der Waals surface area contributed by atoms with Crippen LogP contribution in [0.3, 0.4) is 0 Å². The Morgan fingerprint density at radius 2 is 1.82 bits per heavy atom. The van der Waals surface area contributed by atoms with E-state index in [9.17, 15) is 4.79 Å². The Kier molecular flexibility index (Phi) is 5.81. The number of nitrogens with zero attached hydrogens (tertiary/aromatic N) is 3. The number of hydrogen-bond acceptors (Lipinski definition) is 3. The molecule has 5 nitrogen and oxygen atoms in total. The Balaban J connectivity index is 1.40. The van der Waals surface area contributed by atoms with Crippen molar-refractivity contribution < 1.29 is 9.53 Å². The molecule has 4 aromatic rings. The molecule has 6 heteroatoms. The number of rotatable bonds is 6. The average molecular weight is 460 g/mol. The highest BCUT2D eigenvalue weighted by atomic mass is 35.5. The minimum absolute atomic E-state index is 0.0299. The summed E-state index contributed by atoms with van der Waals surface area (Å²) >= 11 is 6.13. The first kappa shape index (κ1) is 21.5. The highest BCUT2D eigenvalue weighted by Gasteiger charge is 2.35. The van der Waals surface area contributed by atoms with Crippen LogP contribution in [-0.2, 0) is 11.3 Å². The van der Waals surface area contributed by atoms with Gasteiger partial charge in [-0.05, 0) is 61.4 Å². The second-order valence-corrected chi connectivity index (χ2v) is 8.97. The van der Waals surface area contributed by atoms with Crippen molar-refractivity contribution in [2.24, 2.45) is 0 Å². The Morgan fingerprint density at radius 3 is 2.64 bits per heavy atom. The van der Waals surface area contributed by atoms with Crippen LogP contribution in [0.5, 0.6) is 5.75 Å². The molecule has 33 heavy (non-hydrogen) atoms. The number of hydrogen-bond donors (Lipinski definition) is 0. The van der Waals surface area contributed by atoms with Crippen molar-refractivity contribution in [3.8, 4) is 5.75 Å². The fourth-order valence-electron chi connectivity index (χ4n) is 4.58. The Hall–Kier alpha value is -3.31. The lowest BCUT2D eigenvalue weighted by molar-refractivity contribution is -0.117. The van der Waals surface area contributed by atoms with E-state index < -0.39 is 0 Å². The molecule has 5 rings (SSSR count). The van der Waals surface area contributed by atoms with E-state index in [4.69, 9.17) is 21.3 Å². The number of carbonyl (C=O) groups excluding carboxylic acids is 1. The van der Waals surface area contributed by atoms with Crippen molar-refractivity contribution in [1.29, 1.82) is 0 Å². The van der Waals surface area contributed by atoms with Gasteiger partial charge in [0.05, 0.1) is 17.6 Å². The van der Waals surface area contributed by atoms with E-state index in [1.807, 2.05) is 79.4 Å². The van der Waals surface area contributed by atoms with E-state index in [1.54, 1.807) is 0 Å². The monoisotopic (exact) mass is 459 g/mol. The molecular weight excluding hydrogens is 434 g/mol. The highest BCUT2D eigenvalue weighted by Crippen LogP contribution is 2.34. The van der Waals surface area contributed by atoms with E-state index in [1.165, 1.54) is 0 Å². The van der Waals surface area contributed by atoms with Gasteiger partial charge in [0.15, 0.2) is 0 Å². The van der Waals surface area contributed by atoms with Gasteiger partial charge in [-0.3, -0.25) is 4.79 Å². The largest absolute Gasteiger partial charge is 0.492 e. The van der Waals surface area contributed by atoms with Gasteiger partial charge in [0.1, 0.15) is 18.2 Å². The second-order valence-electron chi connectivity index (χ2n) is 8.56. The summed E-state index contributed by atoms with van der Waals surface area (Å²) in [6.07, 6.45) is 0.453. The molecule has 1 fully saturated rings. The zero-order chi connectivity index (χ0) is 22.9. The number of benzene rings is 3. The molecule has 1 amide bonds. The zero-order valence-electron chi connectivity index (χ0n) is 18.8. The van der Waals surface area contributed by atoms with Gasteiger partial charge in [-0.25, -0.2) is 4.98 Å². The smallest absolute Gasteiger partial charge is 0.227 e. The molecule has 1 aliphatic rings. The van der Waals surface area contributed by atoms with Gasteiger partial charge in [0.2, 0.25) is 5.91 Å². The molecule has 3 aromatic carbocycles. The Bertz CT molecular complexity index is 1330. The number of anilines is 1. The number of aromatic nitrogens is 2. The maximum Gasteiger partial charge on any atom is 0.227 e. The number of fused-ring (bicyclic) bond motifs is 1. The summed E-state index contributed by atoms with van der Waals surface area (Å²) in [6, 6.07) is 21.8. The van der Waals surface area contributed by atoms with Crippen LogP contribution in [0.2, 0.25) is 5.02 Å². The highest BCUT2D eigenvalue weighted by molar-refractivity contribution is 6.31. The zero-order valence-corrected chi connectivity index (χ0v) is 19.5. The fourth-order valence-corrected chi connectivity index (χ4v) is 4.70. The molecule has 0 saturated carbocycles. The van der Waals surface area contributed by atoms with Gasteiger partial charge in [0, 0.05) is 29.6 Å². The summed E-state index contributed by atoms with van der Waals surface area (Å²) in [5.74, 6) is 1.91. The summed E-state index contributed by atoms with van der Waals surface area (Å²) in [6.45, 7) is 5.78. The van der Waals surface area contributed by atoms with Crippen LogP contribution >= 0.6 is 11.6 Å². The number of amides is 1. The third-order valence-electron chi connectivity index (χ3n) is 6.29. The lowest BCUT2D eigenvalue weighted by Gasteiger charge is -2.19. The first-order valence-electron chi connectivity index (χ1n) is 11.2. The second kappa shape index (κ2) is 8.91. The predicted molar refractivity (Wildman–Crippen MR) is 132 cm³/mol. The fraction of sp³-hybridized carbons (Fsp3) is 0.259. The lowest BCUT2D eigenvalue weighted by Crippen LogP contribution is -2.25. The van der Waals surface area contributed by atoms with E-state index >= 15 is 0 Å². The normalized spacial score (nSPS) is 16.0. The van der Waals surface area contributed by atoms with Gasteiger partial charge < -0.3 is 14.2 Å². The molecule has 0 radical (unpaired) electrons. The van der Waals surface area contributed by atoms with Crippen LogP contribution in [0.4, 0.5) is 5.69 Å². The predicted octanol–water partition coefficient (Wildman–Crippen LogP) is 5.91. The first-order valence-corrected chi connectivity index (χ1v) is 11.6. The molecular formula is C27H26ClN3O2. The molecule has 1 aromatic heterocycles. The Morgan fingerprint density at radius 1 is 1.03 bits per heavy atom. The molecule has 1 saturated heterocycles. The topological polar surface area (TPSA) is 47.4 Å². The van der Waals surface area contributed by atoms with Gasteiger partial charge >= 0.3 is 0 Å². The molecule has 2 heterocycles. The van der Waals surface area contributed by atoms with Crippen LogP contribution in [0.1, 0.15) is 29.3 Å². The average Bonchev–Trinajstić information content (AvgIpc) is 3.37. The van der Waals surface area contributed by atoms with Crippen molar-refractivity contribution in [2.45, 2.75) is 32.7 Å². The molecule has 1 aliphatic heterocycles. The number of para-hydroxylation sites is 3. The number of aryl methyl sites for hydroxylation is 2. The van der Waals surface area contributed by atoms with Gasteiger partial charge in [-0.15, -0.1) is 0 Å². The van der Waals surface area contributed by atoms with Crippen molar-refractivity contribution in [1.82, 2.24) is 9.55 Å². The lowest BCUT2D eigenvalue weighted by atomic mass is 10.1. The quantitative estimate of drug-likeness (QED) is 0.360. The molecule has 1 unspecified atom stereocenters. The minimum Gasteiger partial charge on any atom is -0.492 e. The maximum absolute atomic E-state index is 12.9. The molecule has 1 atom stereocenters. The number of carbonyl (C=O) groups is 1. The first-order chi connectivity index (χ1) is 16.0. The van der Waals surface area contributed by atoms with Crippen LogP contribution in [-0.4, -0.2) is 28.6 Å². The van der Waals surface area contributed by atoms with Crippen LogP contribution in [0.15, 0.2) is 66.7 Å². The third-order valence-corrected chi connectivity index (χ3v) is 6.72. The molecule has 0 N–H and O–H groups in total. The summed E-state index contributed by atoms with van der Waals surface area (Å²) in [7, 11) is 0. The molecule has 0 aliphatic carbocycles. The Labute approximate surface area is 198 Å². The van der Waals surface area contributed by atoms with Crippen molar-refractivity contribution >= 4 is 34.2 Å². The molecule has 0 bridgehead atoms. The van der Waals surface area contributed by atoms with Gasteiger partial charge in [0.25, 0.3) is 0 Å². The van der Waals surface area contributed by atoms with E-state index in [-0.39, 0.29) is 11.8 Å². The SMILES string of the molecule is Cc1cc(OCCn2c(C3CC(=O)N(c4ccccc4C)C3)nc3ccccc32)ccc1Cl. The number of halogens is 1. The van der Waals surface area contributed by atoms with Crippen molar-refractivity contribution in [3.05, 3.63) is 88.7 Å². The van der Waals surface area contributed by atoms with Crippen LogP contribution < -0.4 is 9.64 Å². The maximum atomic E-state index is 12.9. The number of ether oxygens (including phenoxy) is 1. The molecule has 0 spiro atoms. The summed E-state index contributed by atoms with van der Waals surface area (Å²) < 4.78 is 8.23. The van der Waals surface area contributed by atoms with E-state index in [2.05, 4.69) is 10.6 Å².